The lowest BCUT2D eigenvalue weighted by atomic mass is 10.1. The summed E-state index contributed by atoms with van der Waals surface area (Å²) in [5.41, 5.74) is 0.513. The van der Waals surface area contributed by atoms with Gasteiger partial charge in [0.15, 0.2) is 6.04 Å². The Morgan fingerprint density at radius 3 is 2.47 bits per heavy atom. The highest BCUT2D eigenvalue weighted by atomic mass is 32.2. The molecule has 0 saturated heterocycles. The van der Waals surface area contributed by atoms with E-state index in [9.17, 15) is 33.9 Å². The fourth-order valence-corrected chi connectivity index (χ4v) is 7.17. The van der Waals surface area contributed by atoms with E-state index in [2.05, 4.69) is 31.2 Å². The number of alkyl carbamates (subject to hydrolysis) is 1. The zero-order chi connectivity index (χ0) is 37.5. The zero-order valence-corrected chi connectivity index (χ0v) is 31.0. The largest absolute Gasteiger partial charge is 0.480 e. The first-order valence-electron chi connectivity index (χ1n) is 16.4. The van der Waals surface area contributed by atoms with Crippen molar-refractivity contribution < 1.29 is 38.6 Å². The molecule has 1 aliphatic rings. The van der Waals surface area contributed by atoms with E-state index in [1.54, 1.807) is 38.8 Å². The molecular formula is C34H43N7O8S2. The summed E-state index contributed by atoms with van der Waals surface area (Å²) in [5, 5.41) is 22.8. The molecule has 0 radical (unpaired) electrons. The molecular weight excluding hydrogens is 699 g/mol. The van der Waals surface area contributed by atoms with Gasteiger partial charge < -0.3 is 36.0 Å². The Morgan fingerprint density at radius 2 is 1.80 bits per heavy atom. The molecule has 1 aliphatic heterocycles. The molecule has 2 aromatic carbocycles. The summed E-state index contributed by atoms with van der Waals surface area (Å²) in [6.45, 7) is 8.09. The first-order chi connectivity index (χ1) is 24.0. The number of nitrogens with one attached hydrogen (secondary N) is 4. The highest BCUT2D eigenvalue weighted by Gasteiger charge is 2.28. The molecule has 1 aromatic heterocycles. The molecule has 0 spiro atoms. The molecule has 0 saturated carbocycles. The molecule has 3 aromatic rings. The van der Waals surface area contributed by atoms with Gasteiger partial charge in [0.2, 0.25) is 23.6 Å². The van der Waals surface area contributed by atoms with E-state index < -0.39 is 60.1 Å². The number of nitrogens with zero attached hydrogens (tertiary/aromatic N) is 3. The van der Waals surface area contributed by atoms with Gasteiger partial charge >= 0.3 is 12.1 Å². The monoisotopic (exact) mass is 741 g/mol. The minimum absolute atomic E-state index is 0.0792. The molecule has 51 heavy (non-hydrogen) atoms. The Bertz CT molecular complexity index is 1850. The number of fused-ring (bicyclic) bond motifs is 3. The number of thioether (sulfide) groups is 1. The number of aromatic nitrogens is 1. The van der Waals surface area contributed by atoms with Crippen LogP contribution in [0.2, 0.25) is 0 Å². The van der Waals surface area contributed by atoms with Gasteiger partial charge in [0.05, 0.1) is 10.2 Å². The average Bonchev–Trinajstić information content (AvgIpc) is 3.72. The van der Waals surface area contributed by atoms with E-state index in [0.29, 0.717) is 40.9 Å². The molecule has 0 aliphatic carbocycles. The van der Waals surface area contributed by atoms with Crippen molar-refractivity contribution in [2.75, 3.05) is 31.2 Å². The van der Waals surface area contributed by atoms with E-state index >= 15 is 0 Å². The molecule has 3 unspecified atom stereocenters. The standard InChI is InChI=1S/C34H43N7O8S2/c1-18(36-26(43)16-35-33(48)49-34(3,4)5)28(44)38-24(9-7-8-14-41(6)19(2)42)29(45)37-21-11-12-22-20(15-21)10-13-23-27(22)51-31(39-23)30-40-25(17-50-30)32(46)47/h10-13,15,18,24-25H,7-9,14,16-17H2,1-6H3,(H,35,48)(H,36,43)(H,37,45)(H,38,44)(H,46,47). The topological polar surface area (TPSA) is 208 Å². The third-order valence-electron chi connectivity index (χ3n) is 7.73. The summed E-state index contributed by atoms with van der Waals surface area (Å²) < 4.78 is 6.02. The Hall–Kier alpha value is -4.77. The van der Waals surface area contributed by atoms with E-state index in [1.165, 1.54) is 36.9 Å². The molecule has 17 heteroatoms. The number of aliphatic carboxylic acids is 1. The number of benzene rings is 2. The number of carbonyl (C=O) groups excluding carboxylic acids is 5. The zero-order valence-electron chi connectivity index (χ0n) is 29.3. The summed E-state index contributed by atoms with van der Waals surface area (Å²) in [4.78, 5) is 84.5. The van der Waals surface area contributed by atoms with Gasteiger partial charge in [0, 0.05) is 37.3 Å². The highest BCUT2D eigenvalue weighted by molar-refractivity contribution is 8.15. The van der Waals surface area contributed by atoms with Gasteiger partial charge in [-0.25, -0.2) is 14.6 Å². The van der Waals surface area contributed by atoms with E-state index in [4.69, 9.17) is 4.74 Å². The van der Waals surface area contributed by atoms with Crippen LogP contribution in [0.5, 0.6) is 0 Å². The van der Waals surface area contributed by atoms with Gasteiger partial charge in [0.25, 0.3) is 0 Å². The van der Waals surface area contributed by atoms with Gasteiger partial charge in [-0.1, -0.05) is 12.1 Å². The molecule has 2 heterocycles. The summed E-state index contributed by atoms with van der Waals surface area (Å²) >= 11 is 2.79. The molecule has 5 amide bonds. The van der Waals surface area contributed by atoms with Crippen molar-refractivity contribution in [2.24, 2.45) is 4.99 Å². The Kier molecular flexibility index (Phi) is 13.0. The second-order valence-corrected chi connectivity index (χ2v) is 15.1. The summed E-state index contributed by atoms with van der Waals surface area (Å²) in [6, 6.07) is 6.41. The van der Waals surface area contributed by atoms with Crippen molar-refractivity contribution >= 4 is 90.5 Å². The maximum absolute atomic E-state index is 13.6. The maximum Gasteiger partial charge on any atom is 0.408 e. The maximum atomic E-state index is 13.6. The Balaban J connectivity index is 1.44. The highest BCUT2D eigenvalue weighted by Crippen LogP contribution is 2.35. The van der Waals surface area contributed by atoms with Gasteiger partial charge in [-0.3, -0.25) is 24.2 Å². The second kappa shape index (κ2) is 17.0. The van der Waals surface area contributed by atoms with Crippen molar-refractivity contribution in [1.82, 2.24) is 25.8 Å². The fourth-order valence-electron chi connectivity index (χ4n) is 4.98. The smallest absolute Gasteiger partial charge is 0.408 e. The number of ether oxygens (including phenoxy) is 1. The molecule has 0 fully saturated rings. The number of aliphatic imine (C=N–C) groups is 1. The number of hydrogen-bond acceptors (Lipinski definition) is 11. The number of rotatable bonds is 14. The molecule has 0 bridgehead atoms. The molecule has 5 N–H and O–H groups in total. The average molecular weight is 742 g/mol. The van der Waals surface area contributed by atoms with E-state index in [-0.39, 0.29) is 12.3 Å². The van der Waals surface area contributed by atoms with Crippen LogP contribution >= 0.6 is 23.1 Å². The molecule has 3 atom stereocenters. The molecule has 15 nitrogen and oxygen atoms in total. The summed E-state index contributed by atoms with van der Waals surface area (Å²) in [5.74, 6) is -2.35. The van der Waals surface area contributed by atoms with Crippen LogP contribution in [0, 0.1) is 0 Å². The first kappa shape index (κ1) is 39.0. The lowest BCUT2D eigenvalue weighted by Gasteiger charge is -2.22. The first-order valence-corrected chi connectivity index (χ1v) is 18.2. The minimum Gasteiger partial charge on any atom is -0.480 e. The van der Waals surface area contributed by atoms with Gasteiger partial charge in [-0.2, -0.15) is 0 Å². The van der Waals surface area contributed by atoms with Crippen LogP contribution in [0.1, 0.15) is 58.9 Å². The van der Waals surface area contributed by atoms with Crippen LogP contribution in [-0.2, 0) is 28.7 Å². The lowest BCUT2D eigenvalue weighted by Crippen LogP contribution is -2.52. The third kappa shape index (κ3) is 11.1. The van der Waals surface area contributed by atoms with Crippen molar-refractivity contribution in [1.29, 1.82) is 0 Å². The number of carboxylic acids is 1. The molecule has 4 rings (SSSR count). The predicted octanol–water partition coefficient (Wildman–Crippen LogP) is 3.50. The van der Waals surface area contributed by atoms with Crippen LogP contribution in [0.15, 0.2) is 35.3 Å². The number of carboxylic acid groups (broad SMARTS) is 1. The SMILES string of the molecule is CC(=O)N(C)CCCCC(NC(=O)C(C)NC(=O)CNC(=O)OC(C)(C)C)C(=O)Nc1ccc2c(ccc3nc(C4=NC(C(=O)O)CS4)sc32)c1. The predicted molar refractivity (Wildman–Crippen MR) is 197 cm³/mol. The van der Waals surface area contributed by atoms with Crippen molar-refractivity contribution in [3.05, 3.63) is 35.3 Å². The number of unbranched alkanes of at least 4 members (excludes halogenated alkanes) is 1. The van der Waals surface area contributed by atoms with Gasteiger partial charge in [-0.15, -0.1) is 23.1 Å². The van der Waals surface area contributed by atoms with Gasteiger partial charge in [-0.05, 0) is 70.5 Å². The van der Waals surface area contributed by atoms with Crippen molar-refractivity contribution in [2.45, 2.75) is 77.6 Å². The van der Waals surface area contributed by atoms with Gasteiger partial charge in [0.1, 0.15) is 34.3 Å². The van der Waals surface area contributed by atoms with Crippen LogP contribution in [0.25, 0.3) is 21.0 Å². The van der Waals surface area contributed by atoms with Crippen LogP contribution in [0.3, 0.4) is 0 Å². The van der Waals surface area contributed by atoms with E-state index in [1.807, 2.05) is 24.3 Å². The van der Waals surface area contributed by atoms with Crippen molar-refractivity contribution in [3.63, 3.8) is 0 Å². The third-order valence-corrected chi connectivity index (χ3v) is 10.0. The minimum atomic E-state index is -1.02. The molecule has 274 valence electrons. The Labute approximate surface area is 303 Å². The van der Waals surface area contributed by atoms with Crippen LogP contribution in [0.4, 0.5) is 10.5 Å². The normalized spacial score (nSPS) is 15.4. The van der Waals surface area contributed by atoms with E-state index in [0.717, 1.165) is 21.0 Å². The number of thiazole rings is 1. The van der Waals surface area contributed by atoms with Crippen LogP contribution < -0.4 is 21.3 Å². The lowest BCUT2D eigenvalue weighted by molar-refractivity contribution is -0.137. The summed E-state index contributed by atoms with van der Waals surface area (Å²) in [6.07, 6.45) is 0.623. The Morgan fingerprint density at radius 1 is 1.06 bits per heavy atom. The number of carbonyl (C=O) groups is 6. The van der Waals surface area contributed by atoms with Crippen molar-refractivity contribution in [3.8, 4) is 0 Å². The van der Waals surface area contributed by atoms with Crippen LogP contribution in [-0.4, -0.2) is 105 Å². The second-order valence-electron chi connectivity index (χ2n) is 13.1. The summed E-state index contributed by atoms with van der Waals surface area (Å²) in [7, 11) is 1.69. The number of hydrogen-bond donors (Lipinski definition) is 5. The quantitative estimate of drug-likeness (QED) is 0.152. The fraction of sp³-hybridized carbons (Fsp3) is 0.471. The number of amides is 5. The number of anilines is 1.